The van der Waals surface area contributed by atoms with E-state index in [2.05, 4.69) is 0 Å². The highest BCUT2D eigenvalue weighted by Gasteiger charge is 2.25. The van der Waals surface area contributed by atoms with Gasteiger partial charge in [0.2, 0.25) is 0 Å². The molecular formula is C2H12O4Si4. The van der Waals surface area contributed by atoms with E-state index in [0.717, 1.165) is 0 Å². The van der Waals surface area contributed by atoms with Crippen molar-refractivity contribution < 1.29 is 16.5 Å². The van der Waals surface area contributed by atoms with Crippen LogP contribution in [0.1, 0.15) is 0 Å². The largest absolute Gasteiger partial charge is 0.425 e. The summed E-state index contributed by atoms with van der Waals surface area (Å²) in [6.45, 7) is 4.07. The minimum atomic E-state index is -1.78. The summed E-state index contributed by atoms with van der Waals surface area (Å²) >= 11 is 0. The van der Waals surface area contributed by atoms with E-state index in [-0.39, 0.29) is 0 Å². The molecule has 60 valence electrons. The fourth-order valence-electron chi connectivity index (χ4n) is 0.536. The molecule has 10 heavy (non-hydrogen) atoms. The summed E-state index contributed by atoms with van der Waals surface area (Å²) in [5, 5.41) is 0. The second kappa shape index (κ2) is 3.92. The Balaban J connectivity index is 2.30. The SMILES string of the molecule is C[Si]1(C)O[SiH2]O[SiH2]O[SiH2]O1. The van der Waals surface area contributed by atoms with Crippen molar-refractivity contribution in [3.63, 3.8) is 0 Å². The zero-order valence-electron chi connectivity index (χ0n) is 6.25. The van der Waals surface area contributed by atoms with E-state index in [0.29, 0.717) is 0 Å². The quantitative estimate of drug-likeness (QED) is 0.426. The lowest BCUT2D eigenvalue weighted by atomic mass is 11.9. The molecular weight excluding hydrogens is 200 g/mol. The van der Waals surface area contributed by atoms with Crippen molar-refractivity contribution in [1.82, 2.24) is 0 Å². The van der Waals surface area contributed by atoms with Crippen molar-refractivity contribution in [2.45, 2.75) is 13.1 Å². The molecule has 0 aromatic carbocycles. The first kappa shape index (κ1) is 8.80. The summed E-state index contributed by atoms with van der Waals surface area (Å²) in [7, 11) is -3.99. The average Bonchev–Trinajstić information content (AvgIpc) is 1.81. The maximum Gasteiger partial charge on any atom is 0.313 e. The van der Waals surface area contributed by atoms with Crippen molar-refractivity contribution in [2.24, 2.45) is 0 Å². The van der Waals surface area contributed by atoms with Gasteiger partial charge in [-0.3, -0.25) is 0 Å². The number of hydrogen-bond acceptors (Lipinski definition) is 4. The van der Waals surface area contributed by atoms with Gasteiger partial charge in [0.25, 0.3) is 30.0 Å². The van der Waals surface area contributed by atoms with Crippen LogP contribution in [0, 0.1) is 0 Å². The molecule has 1 rings (SSSR count). The van der Waals surface area contributed by atoms with Gasteiger partial charge in [-0.1, -0.05) is 0 Å². The van der Waals surface area contributed by atoms with Gasteiger partial charge in [-0.2, -0.15) is 0 Å². The molecule has 0 aliphatic carbocycles. The Morgan fingerprint density at radius 2 is 1.40 bits per heavy atom. The zero-order chi connectivity index (χ0) is 7.45. The third kappa shape index (κ3) is 3.20. The molecule has 0 radical (unpaired) electrons. The Morgan fingerprint density at radius 3 is 1.90 bits per heavy atom. The van der Waals surface area contributed by atoms with Crippen molar-refractivity contribution in [3.8, 4) is 0 Å². The molecule has 0 N–H and O–H groups in total. The molecule has 0 aromatic heterocycles. The molecule has 1 aliphatic heterocycles. The third-order valence-electron chi connectivity index (χ3n) is 1.15. The van der Waals surface area contributed by atoms with Gasteiger partial charge in [-0.15, -0.1) is 0 Å². The summed E-state index contributed by atoms with van der Waals surface area (Å²) in [5.41, 5.74) is 0. The van der Waals surface area contributed by atoms with Crippen LogP contribution >= 0.6 is 0 Å². The van der Waals surface area contributed by atoms with Gasteiger partial charge in [0.15, 0.2) is 0 Å². The van der Waals surface area contributed by atoms with Crippen LogP contribution in [0.5, 0.6) is 0 Å². The normalized spacial score (nSPS) is 34.2. The highest BCUT2D eigenvalue weighted by atomic mass is 28.5. The first-order chi connectivity index (χ1) is 4.71. The smallest absolute Gasteiger partial charge is 0.313 e. The average molecular weight is 212 g/mol. The number of rotatable bonds is 0. The summed E-state index contributed by atoms with van der Waals surface area (Å²) < 4.78 is 21.5. The van der Waals surface area contributed by atoms with Gasteiger partial charge < -0.3 is 16.5 Å². The molecule has 1 fully saturated rings. The Bertz CT molecular complexity index is 97.4. The van der Waals surface area contributed by atoms with E-state index in [9.17, 15) is 0 Å². The second-order valence-electron chi connectivity index (χ2n) is 2.45. The van der Waals surface area contributed by atoms with Crippen LogP contribution < -0.4 is 0 Å². The van der Waals surface area contributed by atoms with Crippen LogP contribution in [0.25, 0.3) is 0 Å². The standard InChI is InChI=1S/C2H12O4Si4/c1-10(2)5-8-3-7-4-9-6-10/h7-9H2,1-2H3. The topological polar surface area (TPSA) is 36.9 Å². The van der Waals surface area contributed by atoms with Crippen LogP contribution in [-0.4, -0.2) is 38.6 Å². The van der Waals surface area contributed by atoms with E-state index in [4.69, 9.17) is 16.5 Å². The molecule has 0 spiro atoms. The fourth-order valence-corrected chi connectivity index (χ4v) is 8.13. The molecule has 0 atom stereocenters. The fraction of sp³-hybridized carbons (Fsp3) is 1.00. The van der Waals surface area contributed by atoms with E-state index in [1.807, 2.05) is 13.1 Å². The molecule has 0 aromatic rings. The van der Waals surface area contributed by atoms with Crippen LogP contribution in [0.3, 0.4) is 0 Å². The van der Waals surface area contributed by atoms with Crippen LogP contribution in [-0.2, 0) is 16.5 Å². The minimum Gasteiger partial charge on any atom is -0.425 e. The molecule has 1 heterocycles. The lowest BCUT2D eigenvalue weighted by molar-refractivity contribution is 0.315. The maximum atomic E-state index is 5.49. The predicted octanol–water partition coefficient (Wildman–Crippen LogP) is -2.24. The maximum absolute atomic E-state index is 5.49. The van der Waals surface area contributed by atoms with Crippen LogP contribution in [0.2, 0.25) is 13.1 Å². The lowest BCUT2D eigenvalue weighted by Crippen LogP contribution is -2.41. The minimum absolute atomic E-state index is 0.701. The molecule has 4 nitrogen and oxygen atoms in total. The van der Waals surface area contributed by atoms with Crippen molar-refractivity contribution in [3.05, 3.63) is 0 Å². The Morgan fingerprint density at radius 1 is 0.900 bits per heavy atom. The van der Waals surface area contributed by atoms with Gasteiger partial charge in [-0.05, 0) is 13.1 Å². The molecule has 0 saturated carbocycles. The lowest BCUT2D eigenvalue weighted by Gasteiger charge is -2.25. The van der Waals surface area contributed by atoms with E-state index < -0.39 is 38.6 Å². The van der Waals surface area contributed by atoms with Gasteiger partial charge in [-0.25, -0.2) is 0 Å². The summed E-state index contributed by atoms with van der Waals surface area (Å²) in [4.78, 5) is 0. The zero-order valence-corrected chi connectivity index (χ0v) is 11.5. The van der Waals surface area contributed by atoms with Gasteiger partial charge >= 0.3 is 8.56 Å². The predicted molar refractivity (Wildman–Crippen MR) is 47.5 cm³/mol. The Kier molecular flexibility index (Phi) is 3.45. The monoisotopic (exact) mass is 212 g/mol. The molecule has 1 saturated heterocycles. The second-order valence-corrected chi connectivity index (χ2v) is 11.5. The van der Waals surface area contributed by atoms with Gasteiger partial charge in [0.1, 0.15) is 0 Å². The molecule has 0 amide bonds. The van der Waals surface area contributed by atoms with Crippen molar-refractivity contribution >= 4 is 38.6 Å². The first-order valence-corrected chi connectivity index (χ1v) is 9.42. The summed E-state index contributed by atoms with van der Waals surface area (Å²) in [5.74, 6) is 0. The molecule has 0 bridgehead atoms. The van der Waals surface area contributed by atoms with Crippen LogP contribution in [0.4, 0.5) is 0 Å². The first-order valence-electron chi connectivity index (χ1n) is 3.14. The van der Waals surface area contributed by atoms with E-state index in [1.54, 1.807) is 0 Å². The Labute approximate surface area is 68.6 Å². The molecule has 8 heteroatoms. The van der Waals surface area contributed by atoms with Gasteiger partial charge in [0, 0.05) is 0 Å². The van der Waals surface area contributed by atoms with E-state index >= 15 is 0 Å². The summed E-state index contributed by atoms with van der Waals surface area (Å²) in [6, 6.07) is 0. The highest BCUT2D eigenvalue weighted by molar-refractivity contribution is 6.73. The van der Waals surface area contributed by atoms with Crippen molar-refractivity contribution in [2.75, 3.05) is 0 Å². The summed E-state index contributed by atoms with van der Waals surface area (Å²) in [6.07, 6.45) is 0. The molecule has 0 unspecified atom stereocenters. The van der Waals surface area contributed by atoms with Crippen molar-refractivity contribution in [1.29, 1.82) is 0 Å². The van der Waals surface area contributed by atoms with E-state index in [1.165, 1.54) is 0 Å². The Hall–Kier alpha value is 0.708. The van der Waals surface area contributed by atoms with Crippen LogP contribution in [0.15, 0.2) is 0 Å². The third-order valence-corrected chi connectivity index (χ3v) is 10.3. The van der Waals surface area contributed by atoms with Gasteiger partial charge in [0.05, 0.1) is 0 Å². The number of hydrogen-bond donors (Lipinski definition) is 0. The molecule has 1 aliphatic rings. The highest BCUT2D eigenvalue weighted by Crippen LogP contribution is 2.05.